The molecule has 2 unspecified atom stereocenters. The molecule has 43 heavy (non-hydrogen) atoms. The highest BCUT2D eigenvalue weighted by molar-refractivity contribution is 6.31. The van der Waals surface area contributed by atoms with Crippen LogP contribution in [0.1, 0.15) is 86.8 Å². The molecule has 2 aromatic rings. The number of amides is 2. The zero-order valence-electron chi connectivity index (χ0n) is 24.4. The summed E-state index contributed by atoms with van der Waals surface area (Å²) in [6.45, 7) is 3.50. The van der Waals surface area contributed by atoms with E-state index in [0.717, 1.165) is 44.3 Å². The Kier molecular flexibility index (Phi) is 6.94. The minimum Gasteiger partial charge on any atom is -0.484 e. The molecule has 2 saturated carbocycles. The van der Waals surface area contributed by atoms with Crippen LogP contribution in [0.15, 0.2) is 6.07 Å². The standard InChI is InChI=1S/C31H37ClFN5O5/c1-30(29(41)42)8-4-5-19(30)28(40)37-12-7-18-20(32)13-21(33)27(43-16-22-23-6-2-3-11-38(23)35-34-22)26(18)24(37)15-36-17-31(9-10-31)14-25(36)39/h13,19,24H,2-12,14-17H2,1H3,(H,41,42)/t19?,24?,30-/m0/s1. The number of aryl methyl sites for hydroxylation is 1. The molecule has 1 N–H and O–H groups in total. The van der Waals surface area contributed by atoms with E-state index in [0.29, 0.717) is 62.0 Å². The van der Waals surface area contributed by atoms with E-state index < -0.39 is 29.2 Å². The Bertz CT molecular complexity index is 1510. The van der Waals surface area contributed by atoms with E-state index in [4.69, 9.17) is 16.3 Å². The smallest absolute Gasteiger partial charge is 0.310 e. The van der Waals surface area contributed by atoms with Gasteiger partial charge in [-0.05, 0) is 75.3 Å². The van der Waals surface area contributed by atoms with Crippen LogP contribution in [-0.2, 0) is 40.4 Å². The van der Waals surface area contributed by atoms with E-state index in [1.807, 2.05) is 4.68 Å². The van der Waals surface area contributed by atoms with Crippen LogP contribution in [0.3, 0.4) is 0 Å². The largest absolute Gasteiger partial charge is 0.484 e. The van der Waals surface area contributed by atoms with Crippen LogP contribution < -0.4 is 4.74 Å². The van der Waals surface area contributed by atoms with Gasteiger partial charge in [0.2, 0.25) is 11.8 Å². The Hall–Kier alpha value is -3.21. The predicted octanol–water partition coefficient (Wildman–Crippen LogP) is 4.32. The van der Waals surface area contributed by atoms with Crippen molar-refractivity contribution in [1.29, 1.82) is 0 Å². The van der Waals surface area contributed by atoms with E-state index in [1.165, 1.54) is 6.07 Å². The second-order valence-electron chi connectivity index (χ2n) is 13.4. The summed E-state index contributed by atoms with van der Waals surface area (Å²) >= 11 is 6.64. The normalized spacial score (nSPS) is 27.4. The van der Waals surface area contributed by atoms with Crippen LogP contribution in [0.25, 0.3) is 0 Å². The molecule has 7 rings (SSSR count). The lowest BCUT2D eigenvalue weighted by Crippen LogP contribution is -2.50. The fourth-order valence-corrected chi connectivity index (χ4v) is 8.22. The SMILES string of the molecule is C[C@]1(C(=O)O)CCCC1C(=O)N1CCc2c(Cl)cc(F)c(OCc3nnn4c3CCCC4)c2C1CN1CC2(CC2)CC1=O. The van der Waals surface area contributed by atoms with Crippen molar-refractivity contribution in [3.8, 4) is 5.75 Å². The van der Waals surface area contributed by atoms with E-state index in [1.54, 1.807) is 16.7 Å². The van der Waals surface area contributed by atoms with Crippen molar-refractivity contribution in [2.75, 3.05) is 19.6 Å². The highest BCUT2D eigenvalue weighted by Crippen LogP contribution is 2.54. The molecule has 10 nitrogen and oxygen atoms in total. The fraction of sp³-hybridized carbons (Fsp3) is 0.645. The number of halogens is 2. The Morgan fingerprint density at radius 1 is 1.19 bits per heavy atom. The topological polar surface area (TPSA) is 118 Å². The van der Waals surface area contributed by atoms with Gasteiger partial charge in [-0.25, -0.2) is 9.07 Å². The van der Waals surface area contributed by atoms with Crippen LogP contribution in [-0.4, -0.2) is 67.3 Å². The molecule has 0 bridgehead atoms. The van der Waals surface area contributed by atoms with Gasteiger partial charge in [0, 0.05) is 43.2 Å². The lowest BCUT2D eigenvalue weighted by molar-refractivity contribution is -0.157. The highest BCUT2D eigenvalue weighted by atomic mass is 35.5. The molecule has 3 aliphatic heterocycles. The number of fused-ring (bicyclic) bond motifs is 2. The second-order valence-corrected chi connectivity index (χ2v) is 13.8. The van der Waals surface area contributed by atoms with E-state index in [9.17, 15) is 19.5 Å². The third-order valence-electron chi connectivity index (χ3n) is 10.7. The molecule has 230 valence electrons. The number of nitrogens with zero attached hydrogens (tertiary/aromatic N) is 5. The summed E-state index contributed by atoms with van der Waals surface area (Å²) in [5, 5.41) is 18.9. The Labute approximate surface area is 254 Å². The quantitative estimate of drug-likeness (QED) is 0.494. The number of carboxylic acids is 1. The first-order valence-electron chi connectivity index (χ1n) is 15.5. The van der Waals surface area contributed by atoms with Crippen molar-refractivity contribution in [1.82, 2.24) is 24.8 Å². The van der Waals surface area contributed by atoms with E-state index in [-0.39, 0.29) is 41.2 Å². The van der Waals surface area contributed by atoms with Crippen LogP contribution in [0.2, 0.25) is 5.02 Å². The fourth-order valence-electron chi connectivity index (χ4n) is 7.92. The Morgan fingerprint density at radius 2 is 2.00 bits per heavy atom. The summed E-state index contributed by atoms with van der Waals surface area (Å²) in [4.78, 5) is 43.2. The number of rotatable bonds is 7. The maximum atomic E-state index is 15.8. The lowest BCUT2D eigenvalue weighted by Gasteiger charge is -2.42. The van der Waals surface area contributed by atoms with Gasteiger partial charge in [-0.3, -0.25) is 14.4 Å². The predicted molar refractivity (Wildman–Crippen MR) is 153 cm³/mol. The third kappa shape index (κ3) is 4.78. The lowest BCUT2D eigenvalue weighted by atomic mass is 9.78. The van der Waals surface area contributed by atoms with Gasteiger partial charge in [0.05, 0.1) is 23.1 Å². The molecule has 1 spiro atoms. The van der Waals surface area contributed by atoms with Crippen molar-refractivity contribution in [2.45, 2.75) is 90.3 Å². The number of carbonyl (C=O) groups excluding carboxylic acids is 2. The molecule has 5 aliphatic rings. The van der Waals surface area contributed by atoms with Gasteiger partial charge >= 0.3 is 5.97 Å². The Morgan fingerprint density at radius 3 is 2.74 bits per heavy atom. The first kappa shape index (κ1) is 28.6. The minimum atomic E-state index is -1.18. The third-order valence-corrected chi connectivity index (χ3v) is 11.1. The van der Waals surface area contributed by atoms with Gasteiger partial charge in [0.25, 0.3) is 0 Å². The number of hydrogen-bond donors (Lipinski definition) is 1. The molecule has 1 saturated heterocycles. The van der Waals surface area contributed by atoms with Gasteiger partial charge < -0.3 is 19.6 Å². The average Bonchev–Trinajstić information content (AvgIpc) is 3.27. The second kappa shape index (κ2) is 10.5. The van der Waals surface area contributed by atoms with Crippen molar-refractivity contribution in [3.63, 3.8) is 0 Å². The van der Waals surface area contributed by atoms with E-state index in [2.05, 4.69) is 10.3 Å². The molecule has 4 heterocycles. The first-order valence-corrected chi connectivity index (χ1v) is 15.8. The monoisotopic (exact) mass is 613 g/mol. The first-order chi connectivity index (χ1) is 20.6. The van der Waals surface area contributed by atoms with Crippen LogP contribution in [0, 0.1) is 22.6 Å². The van der Waals surface area contributed by atoms with Crippen LogP contribution >= 0.6 is 11.6 Å². The van der Waals surface area contributed by atoms with Gasteiger partial charge in [-0.1, -0.05) is 23.2 Å². The van der Waals surface area contributed by atoms with Crippen LogP contribution in [0.4, 0.5) is 4.39 Å². The number of carboxylic acid groups (broad SMARTS) is 1. The van der Waals surface area contributed by atoms with Gasteiger partial charge in [0.1, 0.15) is 12.3 Å². The summed E-state index contributed by atoms with van der Waals surface area (Å²) < 4.78 is 23.9. The molecule has 2 amide bonds. The zero-order valence-corrected chi connectivity index (χ0v) is 25.2. The molecular weight excluding hydrogens is 577 g/mol. The van der Waals surface area contributed by atoms with Crippen LogP contribution in [0.5, 0.6) is 5.75 Å². The Balaban J connectivity index is 1.27. The number of aromatic nitrogens is 3. The van der Waals surface area contributed by atoms with Gasteiger partial charge in [0.15, 0.2) is 11.6 Å². The maximum absolute atomic E-state index is 15.8. The summed E-state index contributed by atoms with van der Waals surface area (Å²) in [6.07, 6.45) is 7.22. The number of carbonyl (C=O) groups is 3. The number of hydrogen-bond acceptors (Lipinski definition) is 6. The highest BCUT2D eigenvalue weighted by Gasteiger charge is 2.54. The number of likely N-dealkylation sites (tertiary alicyclic amines) is 1. The number of benzene rings is 1. The molecule has 1 aromatic carbocycles. The summed E-state index contributed by atoms with van der Waals surface area (Å²) in [5.74, 6) is -2.60. The summed E-state index contributed by atoms with van der Waals surface area (Å²) in [5.41, 5.74) is 1.60. The molecule has 3 fully saturated rings. The molecule has 3 atom stereocenters. The van der Waals surface area contributed by atoms with Gasteiger partial charge in [-0.15, -0.1) is 5.10 Å². The van der Waals surface area contributed by atoms with Crippen molar-refractivity contribution < 1.29 is 28.6 Å². The van der Waals surface area contributed by atoms with E-state index >= 15 is 4.39 Å². The van der Waals surface area contributed by atoms with Crippen molar-refractivity contribution >= 4 is 29.4 Å². The zero-order chi connectivity index (χ0) is 30.1. The molecule has 1 aromatic heterocycles. The van der Waals surface area contributed by atoms with Gasteiger partial charge in [-0.2, -0.15) is 0 Å². The maximum Gasteiger partial charge on any atom is 0.310 e. The van der Waals surface area contributed by atoms with Crippen molar-refractivity contribution in [2.24, 2.45) is 16.7 Å². The molecule has 0 radical (unpaired) electrons. The molecule has 2 aliphatic carbocycles. The minimum absolute atomic E-state index is 0.000316. The average molecular weight is 614 g/mol. The molecule has 12 heteroatoms. The molecular formula is C31H37ClFN5O5. The summed E-state index contributed by atoms with van der Waals surface area (Å²) in [7, 11) is 0. The van der Waals surface area contributed by atoms with Crippen molar-refractivity contribution in [3.05, 3.63) is 39.4 Å². The summed E-state index contributed by atoms with van der Waals surface area (Å²) in [6, 6.07) is 0.522. The number of aliphatic carboxylic acids is 1. The number of ether oxygens (including phenoxy) is 1.